The third-order valence-corrected chi connectivity index (χ3v) is 5.82. The quantitative estimate of drug-likeness (QED) is 0.860. The van der Waals surface area contributed by atoms with E-state index in [2.05, 4.69) is 10.0 Å². The predicted octanol–water partition coefficient (Wildman–Crippen LogP) is 1.70. The number of nitrogens with one attached hydrogen (secondary N) is 2. The molecule has 0 amide bonds. The van der Waals surface area contributed by atoms with Crippen molar-refractivity contribution in [2.75, 3.05) is 27.8 Å². The van der Waals surface area contributed by atoms with E-state index in [0.29, 0.717) is 17.8 Å². The second-order valence-electron chi connectivity index (χ2n) is 5.17. The Morgan fingerprint density at radius 1 is 1.33 bits per heavy atom. The first kappa shape index (κ1) is 16.4. The number of anilines is 2. The zero-order valence-corrected chi connectivity index (χ0v) is 13.9. The van der Waals surface area contributed by atoms with Gasteiger partial charge in [-0.1, -0.05) is 11.6 Å². The van der Waals surface area contributed by atoms with E-state index >= 15 is 0 Å². The van der Waals surface area contributed by atoms with Gasteiger partial charge in [0.1, 0.15) is 0 Å². The molecule has 1 heterocycles. The van der Waals surface area contributed by atoms with E-state index in [-0.39, 0.29) is 22.6 Å². The van der Waals surface area contributed by atoms with Crippen LogP contribution < -0.4 is 10.0 Å². The average Bonchev–Trinajstić information content (AvgIpc) is 2.30. The van der Waals surface area contributed by atoms with Crippen molar-refractivity contribution < 1.29 is 16.8 Å². The lowest BCUT2D eigenvalue weighted by Crippen LogP contribution is -2.34. The fraction of sp³-hybridized carbons (Fsp3) is 0.500. The molecule has 1 fully saturated rings. The van der Waals surface area contributed by atoms with Crippen molar-refractivity contribution in [3.05, 3.63) is 23.2 Å². The van der Waals surface area contributed by atoms with Gasteiger partial charge in [-0.05, 0) is 31.0 Å². The molecule has 1 unspecified atom stereocenters. The van der Waals surface area contributed by atoms with Crippen LogP contribution in [-0.4, -0.2) is 40.6 Å². The minimum atomic E-state index is -3.39. The second kappa shape index (κ2) is 6.02. The first-order chi connectivity index (χ1) is 9.65. The molecule has 1 atom stereocenters. The standard InChI is InChI=1S/C12H17ClN2O4S2/c1-20(16,17)15-12-5-4-9(7-11(12)13)14-10-3-2-6-21(18,19)8-10/h4-5,7,10,14-15H,2-3,6,8H2,1H3. The van der Waals surface area contributed by atoms with Gasteiger partial charge in [-0.3, -0.25) is 4.72 Å². The van der Waals surface area contributed by atoms with E-state index in [4.69, 9.17) is 11.6 Å². The molecular formula is C12H17ClN2O4S2. The fourth-order valence-corrected chi connectivity index (χ4v) is 4.76. The third-order valence-electron chi connectivity index (χ3n) is 3.10. The highest BCUT2D eigenvalue weighted by atomic mass is 35.5. The van der Waals surface area contributed by atoms with Crippen LogP contribution in [0.25, 0.3) is 0 Å². The van der Waals surface area contributed by atoms with Gasteiger partial charge >= 0.3 is 0 Å². The Morgan fingerprint density at radius 3 is 2.62 bits per heavy atom. The molecule has 0 bridgehead atoms. The van der Waals surface area contributed by atoms with Crippen LogP contribution in [0.1, 0.15) is 12.8 Å². The first-order valence-electron chi connectivity index (χ1n) is 6.39. The van der Waals surface area contributed by atoms with Gasteiger partial charge < -0.3 is 5.32 Å². The van der Waals surface area contributed by atoms with E-state index in [1.807, 2.05) is 0 Å². The molecule has 9 heteroatoms. The maximum atomic E-state index is 11.6. The highest BCUT2D eigenvalue weighted by Gasteiger charge is 2.24. The molecule has 118 valence electrons. The van der Waals surface area contributed by atoms with Crippen LogP contribution >= 0.6 is 11.6 Å². The van der Waals surface area contributed by atoms with Gasteiger partial charge in [0, 0.05) is 11.7 Å². The van der Waals surface area contributed by atoms with Crippen LogP contribution in [0.4, 0.5) is 11.4 Å². The van der Waals surface area contributed by atoms with Crippen LogP contribution in [0.15, 0.2) is 18.2 Å². The summed E-state index contributed by atoms with van der Waals surface area (Å²) in [5.74, 6) is 0.344. The summed E-state index contributed by atoms with van der Waals surface area (Å²) in [6.45, 7) is 0. The Morgan fingerprint density at radius 2 is 2.05 bits per heavy atom. The van der Waals surface area contributed by atoms with Gasteiger partial charge in [0.15, 0.2) is 9.84 Å². The van der Waals surface area contributed by atoms with Gasteiger partial charge in [-0.25, -0.2) is 16.8 Å². The molecule has 2 N–H and O–H groups in total. The number of hydrogen-bond acceptors (Lipinski definition) is 5. The molecule has 1 saturated heterocycles. The van der Waals surface area contributed by atoms with Crippen LogP contribution in [0, 0.1) is 0 Å². The Hall–Kier alpha value is -0.990. The van der Waals surface area contributed by atoms with Gasteiger partial charge in [0.25, 0.3) is 0 Å². The highest BCUT2D eigenvalue weighted by Crippen LogP contribution is 2.27. The lowest BCUT2D eigenvalue weighted by atomic mass is 10.1. The number of sulfonamides is 1. The van der Waals surface area contributed by atoms with Crippen LogP contribution in [0.5, 0.6) is 0 Å². The SMILES string of the molecule is CS(=O)(=O)Nc1ccc(NC2CCCS(=O)(=O)C2)cc1Cl. The van der Waals surface area contributed by atoms with E-state index in [9.17, 15) is 16.8 Å². The van der Waals surface area contributed by atoms with Crippen molar-refractivity contribution in [1.82, 2.24) is 0 Å². The van der Waals surface area contributed by atoms with Gasteiger partial charge in [-0.2, -0.15) is 0 Å². The van der Waals surface area contributed by atoms with Gasteiger partial charge in [0.05, 0.1) is 28.5 Å². The molecular weight excluding hydrogens is 336 g/mol. The lowest BCUT2D eigenvalue weighted by molar-refractivity contribution is 0.562. The van der Waals surface area contributed by atoms with Crippen molar-refractivity contribution in [2.24, 2.45) is 0 Å². The maximum absolute atomic E-state index is 11.6. The topological polar surface area (TPSA) is 92.3 Å². The molecule has 0 saturated carbocycles. The summed E-state index contributed by atoms with van der Waals surface area (Å²) >= 11 is 6.02. The number of sulfone groups is 1. The van der Waals surface area contributed by atoms with Crippen LogP contribution in [0.2, 0.25) is 5.02 Å². The summed E-state index contributed by atoms with van der Waals surface area (Å²) < 4.78 is 47.8. The Labute approximate surface area is 129 Å². The number of benzene rings is 1. The molecule has 0 aliphatic carbocycles. The first-order valence-corrected chi connectivity index (χ1v) is 10.5. The summed E-state index contributed by atoms with van der Waals surface area (Å²) in [6.07, 6.45) is 2.46. The van der Waals surface area contributed by atoms with Crippen LogP contribution in [-0.2, 0) is 19.9 Å². The zero-order chi connectivity index (χ0) is 15.7. The number of rotatable bonds is 4. The highest BCUT2D eigenvalue weighted by molar-refractivity contribution is 7.92. The third kappa shape index (κ3) is 5.05. The van der Waals surface area contributed by atoms with Crippen molar-refractivity contribution in [2.45, 2.75) is 18.9 Å². The van der Waals surface area contributed by atoms with Crippen molar-refractivity contribution >= 4 is 42.8 Å². The lowest BCUT2D eigenvalue weighted by Gasteiger charge is -2.24. The van der Waals surface area contributed by atoms with E-state index in [1.54, 1.807) is 18.2 Å². The molecule has 0 aromatic heterocycles. The number of halogens is 1. The Kier molecular flexibility index (Phi) is 4.69. The van der Waals surface area contributed by atoms with Gasteiger partial charge in [-0.15, -0.1) is 0 Å². The minimum Gasteiger partial charge on any atom is -0.381 e. The normalized spacial score (nSPS) is 21.7. The van der Waals surface area contributed by atoms with Crippen molar-refractivity contribution in [3.63, 3.8) is 0 Å². The summed E-state index contributed by atoms with van der Waals surface area (Å²) in [5.41, 5.74) is 0.960. The molecule has 0 spiro atoms. The summed E-state index contributed by atoms with van der Waals surface area (Å²) in [7, 11) is -6.37. The summed E-state index contributed by atoms with van der Waals surface area (Å²) in [4.78, 5) is 0. The molecule has 1 aromatic rings. The summed E-state index contributed by atoms with van der Waals surface area (Å²) in [5, 5.41) is 3.38. The van der Waals surface area contributed by atoms with E-state index in [1.165, 1.54) is 0 Å². The fourth-order valence-electron chi connectivity index (χ4n) is 2.26. The molecule has 1 aromatic carbocycles. The van der Waals surface area contributed by atoms with E-state index < -0.39 is 19.9 Å². The predicted molar refractivity (Wildman–Crippen MR) is 85.2 cm³/mol. The molecule has 1 aliphatic heterocycles. The van der Waals surface area contributed by atoms with E-state index in [0.717, 1.165) is 12.7 Å². The molecule has 0 radical (unpaired) electrons. The monoisotopic (exact) mass is 352 g/mol. The molecule has 1 aliphatic rings. The molecule has 6 nitrogen and oxygen atoms in total. The smallest absolute Gasteiger partial charge is 0.229 e. The minimum absolute atomic E-state index is 0.105. The molecule has 21 heavy (non-hydrogen) atoms. The maximum Gasteiger partial charge on any atom is 0.229 e. The average molecular weight is 353 g/mol. The largest absolute Gasteiger partial charge is 0.381 e. The van der Waals surface area contributed by atoms with Crippen LogP contribution in [0.3, 0.4) is 0 Å². The summed E-state index contributed by atoms with van der Waals surface area (Å²) in [6, 6.07) is 4.65. The Balaban J connectivity index is 2.10. The zero-order valence-electron chi connectivity index (χ0n) is 11.5. The molecule has 2 rings (SSSR count). The van der Waals surface area contributed by atoms with Crippen molar-refractivity contribution in [1.29, 1.82) is 0 Å². The second-order valence-corrected chi connectivity index (χ2v) is 9.55. The number of hydrogen-bond donors (Lipinski definition) is 2. The Bertz CT molecular complexity index is 732. The van der Waals surface area contributed by atoms with Gasteiger partial charge in [0.2, 0.25) is 10.0 Å². The van der Waals surface area contributed by atoms with Crippen molar-refractivity contribution in [3.8, 4) is 0 Å².